The molecule has 180 valence electrons. The minimum Gasteiger partial charge on any atom is -0.361 e. The van der Waals surface area contributed by atoms with Crippen molar-refractivity contribution >= 4 is 44.7 Å². The molecular weight excluding hydrogens is 460 g/mol. The van der Waals surface area contributed by atoms with E-state index in [9.17, 15) is 8.42 Å². The molecule has 3 heterocycles. The van der Waals surface area contributed by atoms with E-state index in [0.717, 1.165) is 41.7 Å². The maximum atomic E-state index is 12.6. The van der Waals surface area contributed by atoms with E-state index in [4.69, 9.17) is 0 Å². The van der Waals surface area contributed by atoms with Crippen LogP contribution >= 0.6 is 0 Å². The molecule has 0 atom stereocenters. The number of likely N-dealkylation sites (tertiary alicyclic amines) is 1. The quantitative estimate of drug-likeness (QED) is 0.326. The fourth-order valence-electron chi connectivity index (χ4n) is 4.20. The molecule has 0 aliphatic carbocycles. The molecule has 3 N–H and O–H groups in total. The van der Waals surface area contributed by atoms with Crippen molar-refractivity contribution in [3.63, 3.8) is 0 Å². The first-order valence-corrected chi connectivity index (χ1v) is 13.2. The van der Waals surface area contributed by atoms with Crippen LogP contribution in [0, 0.1) is 0 Å². The third-order valence-corrected chi connectivity index (χ3v) is 7.57. The number of benzene rings is 2. The first-order valence-electron chi connectivity index (χ1n) is 11.7. The van der Waals surface area contributed by atoms with Crippen LogP contribution in [0.2, 0.25) is 0 Å². The lowest BCUT2D eigenvalue weighted by atomic mass is 10.1. The second-order valence-electron chi connectivity index (χ2n) is 8.56. The zero-order chi connectivity index (χ0) is 24.1. The third kappa shape index (κ3) is 5.76. The number of hydrogen-bond donors (Lipinski definition) is 3. The largest absolute Gasteiger partial charge is 0.361 e. The van der Waals surface area contributed by atoms with E-state index in [0.29, 0.717) is 18.2 Å². The zero-order valence-corrected chi connectivity index (χ0v) is 20.1. The predicted octanol–water partition coefficient (Wildman–Crippen LogP) is 4.25. The highest BCUT2D eigenvalue weighted by molar-refractivity contribution is 7.89. The number of aromatic nitrogens is 3. The third-order valence-electron chi connectivity index (χ3n) is 6.10. The smallest absolute Gasteiger partial charge is 0.240 e. The molecule has 0 spiro atoms. The summed E-state index contributed by atoms with van der Waals surface area (Å²) in [6.45, 7) is 3.25. The van der Waals surface area contributed by atoms with Crippen LogP contribution in [0.1, 0.15) is 24.0 Å². The Morgan fingerprint density at radius 3 is 2.51 bits per heavy atom. The summed E-state index contributed by atoms with van der Waals surface area (Å²) in [7, 11) is -3.53. The zero-order valence-electron chi connectivity index (χ0n) is 19.3. The summed E-state index contributed by atoms with van der Waals surface area (Å²) < 4.78 is 27.8. The molecule has 0 amide bonds. The number of H-pyrrole nitrogens is 1. The standard InChI is InChI=1S/C26H28N6O2S/c33-35(34,30-14-17-32-15-1-2-16-32)23-10-8-22(9-11-23)31-26-28-18-20(19-29-26)6-7-21-4-3-5-25-24(21)12-13-27-25/h3-13,18-19,27,30H,1-2,14-17H2,(H,28,29,31)/b7-6+. The molecule has 9 heteroatoms. The lowest BCUT2D eigenvalue weighted by Crippen LogP contribution is -2.33. The van der Waals surface area contributed by atoms with Crippen molar-refractivity contribution < 1.29 is 8.42 Å². The first-order chi connectivity index (χ1) is 17.1. The second kappa shape index (κ2) is 10.4. The van der Waals surface area contributed by atoms with E-state index < -0.39 is 10.0 Å². The highest BCUT2D eigenvalue weighted by Crippen LogP contribution is 2.20. The van der Waals surface area contributed by atoms with Gasteiger partial charge in [0.15, 0.2) is 0 Å². The van der Waals surface area contributed by atoms with Crippen molar-refractivity contribution in [1.29, 1.82) is 0 Å². The van der Waals surface area contributed by atoms with Gasteiger partial charge in [-0.15, -0.1) is 0 Å². The Kier molecular flexibility index (Phi) is 6.89. The number of nitrogens with one attached hydrogen (secondary N) is 3. The summed E-state index contributed by atoms with van der Waals surface area (Å²) >= 11 is 0. The average Bonchev–Trinajstić information content (AvgIpc) is 3.56. The van der Waals surface area contributed by atoms with Crippen molar-refractivity contribution in [1.82, 2.24) is 24.6 Å². The molecule has 8 nitrogen and oxygen atoms in total. The van der Waals surface area contributed by atoms with Crippen LogP contribution in [-0.4, -0.2) is 54.4 Å². The summed E-state index contributed by atoms with van der Waals surface area (Å²) in [4.78, 5) is 14.5. The fraction of sp³-hybridized carbons (Fsp3) is 0.231. The van der Waals surface area contributed by atoms with E-state index in [1.165, 1.54) is 12.8 Å². The lowest BCUT2D eigenvalue weighted by Gasteiger charge is -2.15. The Balaban J connectivity index is 1.17. The molecule has 2 aromatic carbocycles. The van der Waals surface area contributed by atoms with Gasteiger partial charge in [-0.1, -0.05) is 24.3 Å². The van der Waals surface area contributed by atoms with Crippen LogP contribution in [0.15, 0.2) is 72.0 Å². The van der Waals surface area contributed by atoms with Gasteiger partial charge in [-0.25, -0.2) is 23.1 Å². The maximum Gasteiger partial charge on any atom is 0.240 e. The van der Waals surface area contributed by atoms with Gasteiger partial charge in [0.05, 0.1) is 4.90 Å². The topological polar surface area (TPSA) is 103 Å². The summed E-state index contributed by atoms with van der Waals surface area (Å²) in [6.07, 6.45) is 11.8. The second-order valence-corrected chi connectivity index (χ2v) is 10.3. The fourth-order valence-corrected chi connectivity index (χ4v) is 5.22. The van der Waals surface area contributed by atoms with Gasteiger partial charge >= 0.3 is 0 Å². The van der Waals surface area contributed by atoms with Gasteiger partial charge in [0, 0.05) is 53.8 Å². The summed E-state index contributed by atoms with van der Waals surface area (Å²) in [5.74, 6) is 0.439. The van der Waals surface area contributed by atoms with E-state index in [1.54, 1.807) is 36.7 Å². The van der Waals surface area contributed by atoms with Crippen LogP contribution in [-0.2, 0) is 10.0 Å². The summed E-state index contributed by atoms with van der Waals surface area (Å²) in [5.41, 5.74) is 3.80. The first kappa shape index (κ1) is 23.2. The number of aromatic amines is 1. The molecule has 0 saturated carbocycles. The molecule has 2 aromatic heterocycles. The molecule has 4 aromatic rings. The van der Waals surface area contributed by atoms with Crippen LogP contribution in [0.5, 0.6) is 0 Å². The summed E-state index contributed by atoms with van der Waals surface area (Å²) in [6, 6.07) is 14.8. The van der Waals surface area contributed by atoms with E-state index in [2.05, 4.69) is 42.0 Å². The van der Waals surface area contributed by atoms with Gasteiger partial charge in [-0.05, 0) is 67.9 Å². The van der Waals surface area contributed by atoms with Gasteiger partial charge in [-0.2, -0.15) is 0 Å². The predicted molar refractivity (Wildman–Crippen MR) is 140 cm³/mol. The number of fused-ring (bicyclic) bond motifs is 1. The van der Waals surface area contributed by atoms with Crippen molar-refractivity contribution in [3.05, 3.63) is 78.2 Å². The number of anilines is 2. The Labute approximate surface area is 205 Å². The highest BCUT2D eigenvalue weighted by atomic mass is 32.2. The Morgan fingerprint density at radius 2 is 1.74 bits per heavy atom. The molecule has 0 radical (unpaired) electrons. The highest BCUT2D eigenvalue weighted by Gasteiger charge is 2.16. The molecule has 5 rings (SSSR count). The molecule has 1 saturated heterocycles. The number of hydrogen-bond acceptors (Lipinski definition) is 6. The van der Waals surface area contributed by atoms with Crippen LogP contribution in [0.4, 0.5) is 11.6 Å². The van der Waals surface area contributed by atoms with Gasteiger partial charge < -0.3 is 15.2 Å². The molecular formula is C26H28N6O2S. The van der Waals surface area contributed by atoms with Crippen molar-refractivity contribution in [2.24, 2.45) is 0 Å². The molecule has 1 aliphatic heterocycles. The van der Waals surface area contributed by atoms with E-state index in [-0.39, 0.29) is 4.90 Å². The minimum absolute atomic E-state index is 0.239. The molecule has 35 heavy (non-hydrogen) atoms. The maximum absolute atomic E-state index is 12.6. The molecule has 1 fully saturated rings. The molecule has 1 aliphatic rings. The van der Waals surface area contributed by atoms with E-state index in [1.807, 2.05) is 30.5 Å². The summed E-state index contributed by atoms with van der Waals surface area (Å²) in [5, 5.41) is 4.27. The number of rotatable bonds is 9. The van der Waals surface area contributed by atoms with Crippen LogP contribution in [0.25, 0.3) is 23.1 Å². The molecule has 0 bridgehead atoms. The van der Waals surface area contributed by atoms with Crippen LogP contribution < -0.4 is 10.0 Å². The Hall–Kier alpha value is -3.53. The van der Waals surface area contributed by atoms with Crippen LogP contribution in [0.3, 0.4) is 0 Å². The molecule has 0 unspecified atom stereocenters. The van der Waals surface area contributed by atoms with E-state index >= 15 is 0 Å². The Morgan fingerprint density at radius 1 is 0.971 bits per heavy atom. The monoisotopic (exact) mass is 488 g/mol. The van der Waals surface area contributed by atoms with Gasteiger partial charge in [-0.3, -0.25) is 0 Å². The lowest BCUT2D eigenvalue weighted by molar-refractivity contribution is 0.344. The van der Waals surface area contributed by atoms with Gasteiger partial charge in [0.2, 0.25) is 16.0 Å². The average molecular weight is 489 g/mol. The number of sulfonamides is 1. The van der Waals surface area contributed by atoms with Crippen molar-refractivity contribution in [3.8, 4) is 0 Å². The minimum atomic E-state index is -3.53. The Bertz CT molecular complexity index is 1410. The van der Waals surface area contributed by atoms with Gasteiger partial charge in [0.1, 0.15) is 0 Å². The van der Waals surface area contributed by atoms with Crippen molar-refractivity contribution in [2.45, 2.75) is 17.7 Å². The van der Waals surface area contributed by atoms with Gasteiger partial charge in [0.25, 0.3) is 0 Å². The normalized spacial score (nSPS) is 14.7. The SMILES string of the molecule is O=S(=O)(NCCN1CCCC1)c1ccc(Nc2ncc(/C=C/c3cccc4[nH]ccc34)cn2)cc1. The number of nitrogens with zero attached hydrogens (tertiary/aromatic N) is 3. The van der Waals surface area contributed by atoms with Crippen molar-refractivity contribution in [2.75, 3.05) is 31.5 Å².